The van der Waals surface area contributed by atoms with Gasteiger partial charge >= 0.3 is 5.97 Å². The summed E-state index contributed by atoms with van der Waals surface area (Å²) in [5, 5.41) is 8.88. The van der Waals surface area contributed by atoms with Crippen LogP contribution in [0.3, 0.4) is 0 Å². The maximum absolute atomic E-state index is 10.8. The lowest BCUT2D eigenvalue weighted by Gasteiger charge is -2.19. The van der Waals surface area contributed by atoms with Gasteiger partial charge in [0, 0.05) is 12.7 Å². The highest BCUT2D eigenvalue weighted by molar-refractivity contribution is 5.69. The van der Waals surface area contributed by atoms with Gasteiger partial charge in [0.25, 0.3) is 0 Å². The standard InChI is InChI=1S/C13H21N3O2/c14-7-3-1-5-9-16(11-13(17)18)10-12-6-2-4-8-15-12/h2,4,6,8H,1,3,5,7,9-11,14H2,(H,17,18). The molecule has 1 aromatic rings. The summed E-state index contributed by atoms with van der Waals surface area (Å²) in [5.41, 5.74) is 6.33. The molecule has 5 nitrogen and oxygen atoms in total. The molecular weight excluding hydrogens is 230 g/mol. The van der Waals surface area contributed by atoms with E-state index in [1.165, 1.54) is 0 Å². The molecule has 0 saturated heterocycles. The highest BCUT2D eigenvalue weighted by Crippen LogP contribution is 2.04. The van der Waals surface area contributed by atoms with E-state index in [1.54, 1.807) is 6.20 Å². The van der Waals surface area contributed by atoms with Crippen molar-refractivity contribution in [2.24, 2.45) is 5.73 Å². The number of aromatic nitrogens is 1. The molecule has 1 aromatic heterocycles. The molecular formula is C13H21N3O2. The van der Waals surface area contributed by atoms with Crippen LogP contribution in [-0.4, -0.2) is 40.6 Å². The van der Waals surface area contributed by atoms with Gasteiger partial charge in [-0.1, -0.05) is 12.5 Å². The predicted octanol–water partition coefficient (Wildman–Crippen LogP) is 1.10. The first-order chi connectivity index (χ1) is 8.72. The van der Waals surface area contributed by atoms with E-state index in [9.17, 15) is 4.79 Å². The molecule has 0 radical (unpaired) electrons. The fraction of sp³-hybridized carbons (Fsp3) is 0.538. The minimum absolute atomic E-state index is 0.0548. The summed E-state index contributed by atoms with van der Waals surface area (Å²) in [4.78, 5) is 16.9. The molecule has 3 N–H and O–H groups in total. The van der Waals surface area contributed by atoms with Gasteiger partial charge in [-0.3, -0.25) is 14.7 Å². The van der Waals surface area contributed by atoms with Gasteiger partial charge in [0.05, 0.1) is 12.2 Å². The minimum Gasteiger partial charge on any atom is -0.480 e. The SMILES string of the molecule is NCCCCCN(CC(=O)O)Cc1ccccn1. The first-order valence-electron chi connectivity index (χ1n) is 6.26. The van der Waals surface area contributed by atoms with Crippen molar-refractivity contribution >= 4 is 5.97 Å². The average Bonchev–Trinajstić information content (AvgIpc) is 2.35. The number of carboxylic acids is 1. The van der Waals surface area contributed by atoms with Crippen LogP contribution in [0, 0.1) is 0 Å². The first kappa shape index (κ1) is 14.6. The Morgan fingerprint density at radius 2 is 2.17 bits per heavy atom. The second-order valence-electron chi connectivity index (χ2n) is 4.27. The van der Waals surface area contributed by atoms with Gasteiger partial charge in [-0.05, 0) is 38.1 Å². The van der Waals surface area contributed by atoms with Crippen LogP contribution in [-0.2, 0) is 11.3 Å². The average molecular weight is 251 g/mol. The Morgan fingerprint density at radius 3 is 2.78 bits per heavy atom. The molecule has 0 aliphatic rings. The molecule has 0 unspecified atom stereocenters. The lowest BCUT2D eigenvalue weighted by atomic mass is 10.2. The van der Waals surface area contributed by atoms with Gasteiger partial charge in [0.2, 0.25) is 0 Å². The van der Waals surface area contributed by atoms with E-state index in [2.05, 4.69) is 4.98 Å². The van der Waals surface area contributed by atoms with E-state index in [-0.39, 0.29) is 6.54 Å². The van der Waals surface area contributed by atoms with Gasteiger partial charge < -0.3 is 10.8 Å². The molecule has 1 rings (SSSR count). The van der Waals surface area contributed by atoms with Gasteiger partial charge in [0.15, 0.2) is 0 Å². The number of aliphatic carboxylic acids is 1. The highest BCUT2D eigenvalue weighted by atomic mass is 16.4. The van der Waals surface area contributed by atoms with Crippen LogP contribution in [0.25, 0.3) is 0 Å². The normalized spacial score (nSPS) is 10.8. The van der Waals surface area contributed by atoms with E-state index in [1.807, 2.05) is 23.1 Å². The molecule has 0 saturated carbocycles. The van der Waals surface area contributed by atoms with Gasteiger partial charge in [-0.25, -0.2) is 0 Å². The highest BCUT2D eigenvalue weighted by Gasteiger charge is 2.10. The smallest absolute Gasteiger partial charge is 0.317 e. The van der Waals surface area contributed by atoms with Crippen LogP contribution >= 0.6 is 0 Å². The fourth-order valence-electron chi connectivity index (χ4n) is 1.78. The second-order valence-corrected chi connectivity index (χ2v) is 4.27. The quantitative estimate of drug-likeness (QED) is 0.642. The van der Waals surface area contributed by atoms with Crippen molar-refractivity contribution in [1.29, 1.82) is 0 Å². The monoisotopic (exact) mass is 251 g/mol. The molecule has 0 amide bonds. The Hall–Kier alpha value is -1.46. The molecule has 1 heterocycles. The third kappa shape index (κ3) is 6.32. The Morgan fingerprint density at radius 1 is 1.33 bits per heavy atom. The summed E-state index contributed by atoms with van der Waals surface area (Å²) in [6.07, 6.45) is 4.72. The van der Waals surface area contributed by atoms with Gasteiger partial charge in [0.1, 0.15) is 0 Å². The molecule has 0 bridgehead atoms. The van der Waals surface area contributed by atoms with Crippen molar-refractivity contribution in [3.8, 4) is 0 Å². The lowest BCUT2D eigenvalue weighted by molar-refractivity contribution is -0.138. The van der Waals surface area contributed by atoms with E-state index in [0.29, 0.717) is 13.1 Å². The molecule has 0 atom stereocenters. The molecule has 0 spiro atoms. The van der Waals surface area contributed by atoms with Crippen molar-refractivity contribution in [2.75, 3.05) is 19.6 Å². The van der Waals surface area contributed by atoms with Crippen LogP contribution in [0.5, 0.6) is 0 Å². The van der Waals surface area contributed by atoms with Crippen molar-refractivity contribution in [2.45, 2.75) is 25.8 Å². The van der Waals surface area contributed by atoms with Crippen LogP contribution in [0.1, 0.15) is 25.0 Å². The first-order valence-corrected chi connectivity index (χ1v) is 6.26. The Kier molecular flexibility index (Phi) is 6.98. The van der Waals surface area contributed by atoms with Gasteiger partial charge in [-0.15, -0.1) is 0 Å². The van der Waals surface area contributed by atoms with E-state index in [4.69, 9.17) is 10.8 Å². The number of pyridine rings is 1. The van der Waals surface area contributed by atoms with Gasteiger partial charge in [-0.2, -0.15) is 0 Å². The van der Waals surface area contributed by atoms with Crippen LogP contribution in [0.2, 0.25) is 0 Å². The topological polar surface area (TPSA) is 79.5 Å². The summed E-state index contributed by atoms with van der Waals surface area (Å²) in [6.45, 7) is 2.09. The molecule has 0 aliphatic heterocycles. The molecule has 5 heteroatoms. The summed E-state index contributed by atoms with van der Waals surface area (Å²) >= 11 is 0. The van der Waals surface area contributed by atoms with Crippen molar-refractivity contribution in [3.63, 3.8) is 0 Å². The molecule has 18 heavy (non-hydrogen) atoms. The minimum atomic E-state index is -0.801. The Balaban J connectivity index is 2.42. The molecule has 0 aliphatic carbocycles. The maximum Gasteiger partial charge on any atom is 0.317 e. The van der Waals surface area contributed by atoms with E-state index < -0.39 is 5.97 Å². The molecule has 0 fully saturated rings. The number of nitrogens with two attached hydrogens (primary N) is 1. The summed E-state index contributed by atoms with van der Waals surface area (Å²) in [5.74, 6) is -0.801. The fourth-order valence-corrected chi connectivity index (χ4v) is 1.78. The van der Waals surface area contributed by atoms with Crippen molar-refractivity contribution in [1.82, 2.24) is 9.88 Å². The summed E-state index contributed by atoms with van der Waals surface area (Å²) < 4.78 is 0. The number of nitrogens with zero attached hydrogens (tertiary/aromatic N) is 2. The largest absolute Gasteiger partial charge is 0.480 e. The summed E-state index contributed by atoms with van der Waals surface area (Å²) in [7, 11) is 0. The number of carbonyl (C=O) groups is 1. The Bertz CT molecular complexity index is 343. The van der Waals surface area contributed by atoms with Crippen LogP contribution in [0.15, 0.2) is 24.4 Å². The number of unbranched alkanes of at least 4 members (excludes halogenated alkanes) is 2. The van der Waals surface area contributed by atoms with Crippen LogP contribution < -0.4 is 5.73 Å². The predicted molar refractivity (Wildman–Crippen MR) is 70.1 cm³/mol. The summed E-state index contributed by atoms with van der Waals surface area (Å²) in [6, 6.07) is 5.68. The molecule has 0 aromatic carbocycles. The van der Waals surface area contributed by atoms with E-state index >= 15 is 0 Å². The zero-order valence-corrected chi connectivity index (χ0v) is 10.6. The second kappa shape index (κ2) is 8.60. The maximum atomic E-state index is 10.8. The third-order valence-electron chi connectivity index (χ3n) is 2.65. The van der Waals surface area contributed by atoms with Crippen LogP contribution in [0.4, 0.5) is 0 Å². The number of carboxylic acid groups (broad SMARTS) is 1. The third-order valence-corrected chi connectivity index (χ3v) is 2.65. The number of hydrogen-bond acceptors (Lipinski definition) is 4. The number of hydrogen-bond donors (Lipinski definition) is 2. The van der Waals surface area contributed by atoms with E-state index in [0.717, 1.165) is 31.5 Å². The van der Waals surface area contributed by atoms with Crippen molar-refractivity contribution in [3.05, 3.63) is 30.1 Å². The zero-order valence-electron chi connectivity index (χ0n) is 10.6. The lowest BCUT2D eigenvalue weighted by Crippen LogP contribution is -2.30. The Labute approximate surface area is 108 Å². The zero-order chi connectivity index (χ0) is 13.2. The number of rotatable bonds is 9. The molecule has 100 valence electrons. The van der Waals surface area contributed by atoms with Crippen molar-refractivity contribution < 1.29 is 9.90 Å².